The average Bonchev–Trinajstić information content (AvgIpc) is 2.52. The minimum atomic E-state index is 0.761. The largest absolute Gasteiger partial charge is 0.463 e. The third-order valence-corrected chi connectivity index (χ3v) is 3.31. The van der Waals surface area contributed by atoms with E-state index in [2.05, 4.69) is 21.4 Å². The van der Waals surface area contributed by atoms with Gasteiger partial charge in [0.2, 0.25) is 0 Å². The van der Waals surface area contributed by atoms with Crippen LogP contribution < -0.4 is 10.2 Å². The lowest BCUT2D eigenvalue weighted by Gasteiger charge is -2.09. The Hall–Kier alpha value is -1.78. The number of hydrogen-bond acceptors (Lipinski definition) is 3. The number of hydroxylamine groups is 1. The number of hydrogen-bond donors (Lipinski definition) is 1. The van der Waals surface area contributed by atoms with Gasteiger partial charge in [-0.05, 0) is 17.7 Å². The minimum Gasteiger partial charge on any atom is -0.463 e. The van der Waals surface area contributed by atoms with E-state index in [1.165, 1.54) is 0 Å². The van der Waals surface area contributed by atoms with Crippen molar-refractivity contribution in [1.29, 1.82) is 0 Å². The van der Waals surface area contributed by atoms with Crippen molar-refractivity contribution in [3.8, 4) is 5.75 Å². The Morgan fingerprint density at radius 2 is 1.95 bits per heavy atom. The van der Waals surface area contributed by atoms with Crippen LogP contribution in [0.5, 0.6) is 5.75 Å². The second-order valence-corrected chi connectivity index (χ2v) is 4.66. The van der Waals surface area contributed by atoms with E-state index in [0.717, 1.165) is 27.9 Å². The van der Waals surface area contributed by atoms with Crippen molar-refractivity contribution in [3.05, 3.63) is 72.0 Å². The number of ether oxygens (including phenoxy) is 1. The van der Waals surface area contributed by atoms with Gasteiger partial charge in [0.15, 0.2) is 0 Å². The van der Waals surface area contributed by atoms with E-state index in [4.69, 9.17) is 9.57 Å². The van der Waals surface area contributed by atoms with Crippen LogP contribution in [0.25, 0.3) is 5.70 Å². The van der Waals surface area contributed by atoms with Gasteiger partial charge in [0, 0.05) is 10.9 Å². The highest BCUT2D eigenvalue weighted by Gasteiger charge is 2.01. The van der Waals surface area contributed by atoms with Crippen LogP contribution in [0.4, 0.5) is 0 Å². The molecule has 0 heterocycles. The summed E-state index contributed by atoms with van der Waals surface area (Å²) in [4.78, 5) is 4.99. The van der Waals surface area contributed by atoms with Crippen LogP contribution in [0.3, 0.4) is 0 Å². The SMILES string of the molecule is CONC(=COc1cccc(CBr)c1)c1ccccc1. The lowest BCUT2D eigenvalue weighted by atomic mass is 10.2. The molecule has 0 unspecified atom stereocenters. The Morgan fingerprint density at radius 3 is 2.65 bits per heavy atom. The molecular weight excluding hydrogens is 318 g/mol. The lowest BCUT2D eigenvalue weighted by Crippen LogP contribution is -2.11. The summed E-state index contributed by atoms with van der Waals surface area (Å²) < 4.78 is 5.69. The van der Waals surface area contributed by atoms with E-state index in [0.29, 0.717) is 0 Å². The highest BCUT2D eigenvalue weighted by atomic mass is 79.9. The summed E-state index contributed by atoms with van der Waals surface area (Å²) in [6.45, 7) is 0. The summed E-state index contributed by atoms with van der Waals surface area (Å²) in [6.07, 6.45) is 1.65. The van der Waals surface area contributed by atoms with E-state index in [1.54, 1.807) is 13.4 Å². The Bertz CT molecular complexity index is 570. The Labute approximate surface area is 127 Å². The van der Waals surface area contributed by atoms with Gasteiger partial charge in [0.1, 0.15) is 17.7 Å². The molecule has 0 aliphatic rings. The standard InChI is InChI=1S/C16H16BrNO2/c1-19-18-16(14-7-3-2-4-8-14)12-20-15-9-5-6-13(10-15)11-17/h2-10,12,18H,11H2,1H3. The van der Waals surface area contributed by atoms with Crippen LogP contribution in [-0.2, 0) is 10.2 Å². The topological polar surface area (TPSA) is 30.5 Å². The maximum atomic E-state index is 5.69. The Kier molecular flexibility index (Phi) is 5.65. The number of rotatable bonds is 6. The second kappa shape index (κ2) is 7.72. The molecule has 0 amide bonds. The summed E-state index contributed by atoms with van der Waals surface area (Å²) in [5.74, 6) is 0.785. The van der Waals surface area contributed by atoms with Gasteiger partial charge in [-0.3, -0.25) is 10.3 Å². The zero-order valence-electron chi connectivity index (χ0n) is 11.2. The monoisotopic (exact) mass is 333 g/mol. The molecule has 2 aromatic carbocycles. The molecular formula is C16H16BrNO2. The van der Waals surface area contributed by atoms with Crippen molar-refractivity contribution in [2.45, 2.75) is 5.33 Å². The first-order valence-electron chi connectivity index (χ1n) is 6.19. The number of halogens is 1. The molecule has 0 aliphatic carbocycles. The average molecular weight is 334 g/mol. The number of benzene rings is 2. The van der Waals surface area contributed by atoms with Gasteiger partial charge in [-0.25, -0.2) is 0 Å². The van der Waals surface area contributed by atoms with Crippen molar-refractivity contribution in [1.82, 2.24) is 5.48 Å². The maximum Gasteiger partial charge on any atom is 0.126 e. The van der Waals surface area contributed by atoms with Gasteiger partial charge < -0.3 is 4.74 Å². The summed E-state index contributed by atoms with van der Waals surface area (Å²) >= 11 is 3.43. The molecule has 3 nitrogen and oxygen atoms in total. The molecule has 0 aliphatic heterocycles. The Morgan fingerprint density at radius 1 is 1.15 bits per heavy atom. The van der Waals surface area contributed by atoms with Crippen LogP contribution in [0.2, 0.25) is 0 Å². The van der Waals surface area contributed by atoms with Crippen molar-refractivity contribution >= 4 is 21.6 Å². The molecule has 0 saturated heterocycles. The van der Waals surface area contributed by atoms with Gasteiger partial charge in [-0.2, -0.15) is 0 Å². The number of nitrogens with one attached hydrogen (secondary N) is 1. The van der Waals surface area contributed by atoms with Gasteiger partial charge >= 0.3 is 0 Å². The molecule has 0 saturated carbocycles. The van der Waals surface area contributed by atoms with Crippen LogP contribution in [0.15, 0.2) is 60.9 Å². The zero-order chi connectivity index (χ0) is 14.2. The van der Waals surface area contributed by atoms with Gasteiger partial charge in [0.05, 0.1) is 7.11 Å². The summed E-state index contributed by atoms with van der Waals surface area (Å²) in [5, 5.41) is 0.801. The molecule has 1 N–H and O–H groups in total. The highest BCUT2D eigenvalue weighted by Crippen LogP contribution is 2.18. The van der Waals surface area contributed by atoms with E-state index >= 15 is 0 Å². The van der Waals surface area contributed by atoms with Crippen LogP contribution in [0, 0.1) is 0 Å². The summed E-state index contributed by atoms with van der Waals surface area (Å²) in [7, 11) is 1.57. The molecule has 0 spiro atoms. The molecule has 4 heteroatoms. The maximum absolute atomic E-state index is 5.69. The molecule has 0 bridgehead atoms. The van der Waals surface area contributed by atoms with Gasteiger partial charge in [-0.1, -0.05) is 58.4 Å². The summed E-state index contributed by atoms with van der Waals surface area (Å²) in [5.41, 5.74) is 5.74. The zero-order valence-corrected chi connectivity index (χ0v) is 12.8. The van der Waals surface area contributed by atoms with Crippen LogP contribution in [0.1, 0.15) is 11.1 Å². The molecule has 104 valence electrons. The van der Waals surface area contributed by atoms with E-state index in [-0.39, 0.29) is 0 Å². The normalized spacial score (nSPS) is 11.2. The van der Waals surface area contributed by atoms with Gasteiger partial charge in [-0.15, -0.1) is 0 Å². The number of alkyl halides is 1. The van der Waals surface area contributed by atoms with Crippen molar-refractivity contribution in [3.63, 3.8) is 0 Å². The smallest absolute Gasteiger partial charge is 0.126 e. The molecule has 20 heavy (non-hydrogen) atoms. The lowest BCUT2D eigenvalue weighted by molar-refractivity contribution is 0.135. The first-order chi connectivity index (χ1) is 9.83. The van der Waals surface area contributed by atoms with Crippen LogP contribution in [-0.4, -0.2) is 7.11 Å². The molecule has 0 fully saturated rings. The summed E-state index contributed by atoms with van der Waals surface area (Å²) in [6, 6.07) is 17.8. The minimum absolute atomic E-state index is 0.761. The van der Waals surface area contributed by atoms with Crippen molar-refractivity contribution in [2.75, 3.05) is 7.11 Å². The second-order valence-electron chi connectivity index (χ2n) is 4.10. The molecule has 0 radical (unpaired) electrons. The van der Waals surface area contributed by atoms with Gasteiger partial charge in [0.25, 0.3) is 0 Å². The predicted molar refractivity (Wildman–Crippen MR) is 84.3 cm³/mol. The quantitative estimate of drug-likeness (QED) is 0.490. The van der Waals surface area contributed by atoms with Crippen molar-refractivity contribution < 1.29 is 9.57 Å². The fourth-order valence-corrected chi connectivity index (χ4v) is 2.06. The molecule has 0 atom stereocenters. The third kappa shape index (κ3) is 4.11. The highest BCUT2D eigenvalue weighted by molar-refractivity contribution is 9.08. The molecule has 2 aromatic rings. The first kappa shape index (κ1) is 14.6. The first-order valence-corrected chi connectivity index (χ1v) is 7.32. The molecule has 0 aromatic heterocycles. The molecule has 2 rings (SSSR count). The third-order valence-electron chi connectivity index (χ3n) is 2.66. The van der Waals surface area contributed by atoms with E-state index in [1.807, 2.05) is 54.6 Å². The van der Waals surface area contributed by atoms with E-state index in [9.17, 15) is 0 Å². The van der Waals surface area contributed by atoms with E-state index < -0.39 is 0 Å². The fourth-order valence-electron chi connectivity index (χ4n) is 1.71. The van der Waals surface area contributed by atoms with Crippen molar-refractivity contribution in [2.24, 2.45) is 0 Å². The fraction of sp³-hybridized carbons (Fsp3) is 0.125. The van der Waals surface area contributed by atoms with Crippen LogP contribution >= 0.6 is 15.9 Å². The predicted octanol–water partition coefficient (Wildman–Crippen LogP) is 4.11. The Balaban J connectivity index is 2.17.